The van der Waals surface area contributed by atoms with Gasteiger partial charge in [-0.2, -0.15) is 0 Å². The summed E-state index contributed by atoms with van der Waals surface area (Å²) in [6.45, 7) is 3.46. The Hall–Kier alpha value is -2.92. The summed E-state index contributed by atoms with van der Waals surface area (Å²) in [5.74, 6) is 0.0462. The summed E-state index contributed by atoms with van der Waals surface area (Å²) < 4.78 is 1.96. The summed E-state index contributed by atoms with van der Waals surface area (Å²) in [5.41, 5.74) is 1.60. The van der Waals surface area contributed by atoms with Crippen molar-refractivity contribution >= 4 is 39.0 Å². The van der Waals surface area contributed by atoms with E-state index in [4.69, 9.17) is 0 Å². The molecule has 0 fully saturated rings. The van der Waals surface area contributed by atoms with Gasteiger partial charge in [-0.15, -0.1) is 11.3 Å². The lowest BCUT2D eigenvalue weighted by molar-refractivity contribution is -0.132. The molecule has 0 spiro atoms. The van der Waals surface area contributed by atoms with Gasteiger partial charge in [-0.25, -0.2) is 0 Å². The molecule has 5 heteroatoms. The monoisotopic (exact) mass is 376 g/mol. The van der Waals surface area contributed by atoms with Crippen molar-refractivity contribution in [3.63, 3.8) is 0 Å². The summed E-state index contributed by atoms with van der Waals surface area (Å²) >= 11 is 1.66. The lowest BCUT2D eigenvalue weighted by Crippen LogP contribution is -2.33. The molecule has 1 amide bonds. The number of nitrogens with zero attached hydrogens (tertiary/aromatic N) is 2. The number of pyridine rings is 1. The number of para-hydroxylation sites is 2. The Labute approximate surface area is 161 Å². The first kappa shape index (κ1) is 17.5. The maximum absolute atomic E-state index is 13.1. The van der Waals surface area contributed by atoms with Gasteiger partial charge in [-0.1, -0.05) is 30.3 Å². The largest absolute Gasteiger partial charge is 0.336 e. The van der Waals surface area contributed by atoms with Crippen molar-refractivity contribution in [1.29, 1.82) is 0 Å². The van der Waals surface area contributed by atoms with Gasteiger partial charge in [0.05, 0.1) is 17.6 Å². The fourth-order valence-electron chi connectivity index (χ4n) is 3.45. The number of hydrogen-bond acceptors (Lipinski definition) is 3. The second kappa shape index (κ2) is 7.37. The Bertz CT molecular complexity index is 1100. The SMILES string of the molecule is CCN(Cc1cccs1)C(=O)Cn1c2ccccc2c(=O)c2ccccc21. The number of likely N-dealkylation sites (N-methyl/N-ethyl adjacent to an activating group) is 1. The van der Waals surface area contributed by atoms with Gasteiger partial charge in [0.1, 0.15) is 6.54 Å². The standard InChI is InChI=1S/C22H20N2O2S/c1-2-23(14-16-8-7-13-27-16)21(25)15-24-19-11-5-3-9-17(19)22(26)18-10-4-6-12-20(18)24/h3-13H,2,14-15H2,1H3. The molecular weight excluding hydrogens is 356 g/mol. The molecule has 2 heterocycles. The molecular formula is C22H20N2O2S. The van der Waals surface area contributed by atoms with Crippen LogP contribution in [0.25, 0.3) is 21.8 Å². The third-order valence-electron chi connectivity index (χ3n) is 4.83. The van der Waals surface area contributed by atoms with Gasteiger partial charge in [0.25, 0.3) is 0 Å². The molecule has 0 saturated heterocycles. The van der Waals surface area contributed by atoms with Crippen molar-refractivity contribution in [1.82, 2.24) is 9.47 Å². The molecule has 27 heavy (non-hydrogen) atoms. The van der Waals surface area contributed by atoms with Crippen LogP contribution in [0.2, 0.25) is 0 Å². The summed E-state index contributed by atoms with van der Waals surface area (Å²) in [5, 5.41) is 3.31. The molecule has 136 valence electrons. The number of amides is 1. The predicted octanol–water partition coefficient (Wildman–Crippen LogP) is 4.26. The van der Waals surface area contributed by atoms with Crippen LogP contribution in [0.1, 0.15) is 11.8 Å². The molecule has 4 rings (SSSR count). The van der Waals surface area contributed by atoms with Crippen molar-refractivity contribution in [3.05, 3.63) is 81.1 Å². The molecule has 0 saturated carbocycles. The molecule has 0 radical (unpaired) electrons. The Morgan fingerprint density at radius 1 is 0.963 bits per heavy atom. The van der Waals surface area contributed by atoms with E-state index < -0.39 is 0 Å². The van der Waals surface area contributed by atoms with E-state index in [2.05, 4.69) is 0 Å². The maximum atomic E-state index is 13.1. The van der Waals surface area contributed by atoms with E-state index in [1.165, 1.54) is 4.88 Å². The Kier molecular flexibility index (Phi) is 4.77. The molecule has 0 unspecified atom stereocenters. The number of fused-ring (bicyclic) bond motifs is 2. The lowest BCUT2D eigenvalue weighted by atomic mass is 10.1. The molecule has 2 aromatic heterocycles. The fraction of sp³-hybridized carbons (Fsp3) is 0.182. The van der Waals surface area contributed by atoms with Crippen LogP contribution in [-0.2, 0) is 17.9 Å². The number of carbonyl (C=O) groups excluding carboxylic acids is 1. The topological polar surface area (TPSA) is 42.3 Å². The Balaban J connectivity index is 1.79. The van der Waals surface area contributed by atoms with Crippen LogP contribution in [0.4, 0.5) is 0 Å². The van der Waals surface area contributed by atoms with Crippen LogP contribution >= 0.6 is 11.3 Å². The predicted molar refractivity (Wildman–Crippen MR) is 111 cm³/mol. The highest BCUT2D eigenvalue weighted by atomic mass is 32.1. The molecule has 0 aliphatic carbocycles. The first-order valence-corrected chi connectivity index (χ1v) is 9.87. The van der Waals surface area contributed by atoms with Crippen LogP contribution in [0, 0.1) is 0 Å². The molecule has 0 bridgehead atoms. The zero-order valence-corrected chi connectivity index (χ0v) is 15.9. The Morgan fingerprint density at radius 3 is 2.15 bits per heavy atom. The van der Waals surface area contributed by atoms with Crippen molar-refractivity contribution < 1.29 is 4.79 Å². The first-order chi connectivity index (χ1) is 13.2. The van der Waals surface area contributed by atoms with E-state index in [-0.39, 0.29) is 17.9 Å². The van der Waals surface area contributed by atoms with E-state index in [1.54, 1.807) is 11.3 Å². The smallest absolute Gasteiger partial charge is 0.242 e. The summed E-state index contributed by atoms with van der Waals surface area (Å²) in [6, 6.07) is 19.0. The van der Waals surface area contributed by atoms with Crippen LogP contribution in [0.5, 0.6) is 0 Å². The second-order valence-electron chi connectivity index (χ2n) is 6.44. The average molecular weight is 376 g/mol. The first-order valence-electron chi connectivity index (χ1n) is 8.99. The van der Waals surface area contributed by atoms with E-state index in [9.17, 15) is 9.59 Å². The van der Waals surface area contributed by atoms with Crippen molar-refractivity contribution in [3.8, 4) is 0 Å². The highest BCUT2D eigenvalue weighted by molar-refractivity contribution is 7.09. The van der Waals surface area contributed by atoms with Gasteiger partial charge in [0.15, 0.2) is 5.43 Å². The van der Waals surface area contributed by atoms with Gasteiger partial charge in [-0.05, 0) is 42.6 Å². The van der Waals surface area contributed by atoms with Gasteiger partial charge in [-0.3, -0.25) is 9.59 Å². The van der Waals surface area contributed by atoms with Crippen LogP contribution in [0.3, 0.4) is 0 Å². The van der Waals surface area contributed by atoms with E-state index in [0.29, 0.717) is 23.9 Å². The zero-order valence-electron chi connectivity index (χ0n) is 15.1. The molecule has 2 aromatic carbocycles. The summed E-state index contributed by atoms with van der Waals surface area (Å²) in [6.07, 6.45) is 0. The fourth-order valence-corrected chi connectivity index (χ4v) is 4.17. The Morgan fingerprint density at radius 2 is 1.59 bits per heavy atom. The highest BCUT2D eigenvalue weighted by Crippen LogP contribution is 2.20. The zero-order chi connectivity index (χ0) is 18.8. The highest BCUT2D eigenvalue weighted by Gasteiger charge is 2.17. The van der Waals surface area contributed by atoms with Gasteiger partial charge >= 0.3 is 0 Å². The molecule has 0 aliphatic rings. The third kappa shape index (κ3) is 3.26. The minimum absolute atomic E-state index is 0.0100. The second-order valence-corrected chi connectivity index (χ2v) is 7.47. The summed E-state index contributed by atoms with van der Waals surface area (Å²) in [4.78, 5) is 28.9. The van der Waals surface area contributed by atoms with Crippen LogP contribution < -0.4 is 5.43 Å². The third-order valence-corrected chi connectivity index (χ3v) is 5.69. The molecule has 0 N–H and O–H groups in total. The lowest BCUT2D eigenvalue weighted by Gasteiger charge is -2.22. The molecule has 0 aliphatic heterocycles. The van der Waals surface area contributed by atoms with Crippen molar-refractivity contribution in [2.75, 3.05) is 6.54 Å². The normalized spacial score (nSPS) is 11.1. The van der Waals surface area contributed by atoms with Gasteiger partial charge in [0.2, 0.25) is 5.91 Å². The number of hydrogen-bond donors (Lipinski definition) is 0. The van der Waals surface area contributed by atoms with Gasteiger partial charge < -0.3 is 9.47 Å². The van der Waals surface area contributed by atoms with Crippen LogP contribution in [-0.4, -0.2) is 21.9 Å². The molecule has 4 nitrogen and oxygen atoms in total. The van der Waals surface area contributed by atoms with E-state index >= 15 is 0 Å². The molecule has 0 atom stereocenters. The quantitative estimate of drug-likeness (QED) is 0.488. The van der Waals surface area contributed by atoms with Crippen molar-refractivity contribution in [2.45, 2.75) is 20.0 Å². The van der Waals surface area contributed by atoms with Crippen LogP contribution in [0.15, 0.2) is 70.8 Å². The maximum Gasteiger partial charge on any atom is 0.242 e. The number of carbonyl (C=O) groups is 1. The molecule has 4 aromatic rings. The van der Waals surface area contributed by atoms with Gasteiger partial charge in [0, 0.05) is 22.2 Å². The minimum atomic E-state index is 0.0100. The summed E-state index contributed by atoms with van der Waals surface area (Å²) in [7, 11) is 0. The number of rotatable bonds is 5. The van der Waals surface area contributed by atoms with E-state index in [1.807, 2.05) is 82.4 Å². The average Bonchev–Trinajstić information content (AvgIpc) is 3.22. The van der Waals surface area contributed by atoms with Crippen molar-refractivity contribution in [2.24, 2.45) is 0 Å². The minimum Gasteiger partial charge on any atom is -0.336 e. The number of aromatic nitrogens is 1. The number of thiophene rings is 1. The van der Waals surface area contributed by atoms with E-state index in [0.717, 1.165) is 11.0 Å². The number of benzene rings is 2.